The van der Waals surface area contributed by atoms with Gasteiger partial charge in [-0.3, -0.25) is 4.79 Å². The van der Waals surface area contributed by atoms with E-state index in [9.17, 15) is 9.59 Å². The first kappa shape index (κ1) is 17.0. The fraction of sp³-hybridized carbons (Fsp3) is 0.111. The zero-order valence-electron chi connectivity index (χ0n) is 12.5. The molecule has 0 unspecified atom stereocenters. The third-order valence-electron chi connectivity index (χ3n) is 3.04. The van der Waals surface area contributed by atoms with E-state index in [1.807, 2.05) is 24.3 Å². The van der Waals surface area contributed by atoms with Crippen LogP contribution in [0, 0.1) is 0 Å². The van der Waals surface area contributed by atoms with Gasteiger partial charge >= 0.3 is 5.97 Å². The van der Waals surface area contributed by atoms with E-state index in [1.165, 1.54) is 13.2 Å². The van der Waals surface area contributed by atoms with Crippen LogP contribution in [0.3, 0.4) is 0 Å². The van der Waals surface area contributed by atoms with Crippen LogP contribution in [0.2, 0.25) is 0 Å². The molecule has 0 amide bonds. The first-order chi connectivity index (χ1) is 11.1. The van der Waals surface area contributed by atoms with E-state index in [2.05, 4.69) is 20.7 Å². The summed E-state index contributed by atoms with van der Waals surface area (Å²) in [7, 11) is 1.30. The quantitative estimate of drug-likeness (QED) is 0.437. The van der Waals surface area contributed by atoms with E-state index in [0.29, 0.717) is 11.3 Å². The Bertz CT molecular complexity index is 720. The molecule has 0 aliphatic heterocycles. The number of methoxy groups -OCH3 is 1. The second kappa shape index (κ2) is 8.29. The van der Waals surface area contributed by atoms with Gasteiger partial charge in [-0.25, -0.2) is 4.79 Å². The summed E-state index contributed by atoms with van der Waals surface area (Å²) in [6.07, 6.45) is 3.28. The predicted molar refractivity (Wildman–Crippen MR) is 91.5 cm³/mol. The van der Waals surface area contributed by atoms with E-state index < -0.39 is 5.97 Å². The van der Waals surface area contributed by atoms with Crippen molar-refractivity contribution < 1.29 is 19.1 Å². The minimum absolute atomic E-state index is 0.111. The van der Waals surface area contributed by atoms with Gasteiger partial charge in [-0.15, -0.1) is 0 Å². The van der Waals surface area contributed by atoms with E-state index in [4.69, 9.17) is 4.74 Å². The number of rotatable bonds is 6. The molecule has 2 aromatic rings. The Labute approximate surface area is 142 Å². The van der Waals surface area contributed by atoms with Gasteiger partial charge in [0.05, 0.1) is 7.11 Å². The van der Waals surface area contributed by atoms with Crippen LogP contribution in [0.1, 0.15) is 15.9 Å². The molecule has 0 saturated carbocycles. The second-order valence-electron chi connectivity index (χ2n) is 4.61. The van der Waals surface area contributed by atoms with Gasteiger partial charge in [0.25, 0.3) is 0 Å². The maximum absolute atomic E-state index is 12.1. The van der Waals surface area contributed by atoms with Crippen LogP contribution >= 0.6 is 15.9 Å². The fourth-order valence-electron chi connectivity index (χ4n) is 1.79. The number of hydrogen-bond acceptors (Lipinski definition) is 4. The SMILES string of the molecule is COC(=O)COc1ccc(C(=O)/C=C/c2ccccc2Br)cc1. The molecule has 5 heteroatoms. The molecular weight excluding hydrogens is 360 g/mol. The van der Waals surface area contributed by atoms with Crippen LogP contribution in [-0.4, -0.2) is 25.5 Å². The summed E-state index contributed by atoms with van der Waals surface area (Å²) < 4.78 is 10.6. The Hall–Kier alpha value is -2.40. The second-order valence-corrected chi connectivity index (χ2v) is 5.46. The molecule has 0 aliphatic carbocycles. The van der Waals surface area contributed by atoms with Crippen molar-refractivity contribution in [1.29, 1.82) is 0 Å². The summed E-state index contributed by atoms with van der Waals surface area (Å²) >= 11 is 3.43. The average Bonchev–Trinajstić information content (AvgIpc) is 2.59. The third-order valence-corrected chi connectivity index (χ3v) is 3.76. The van der Waals surface area contributed by atoms with Crippen LogP contribution in [-0.2, 0) is 9.53 Å². The van der Waals surface area contributed by atoms with E-state index in [0.717, 1.165) is 10.0 Å². The van der Waals surface area contributed by atoms with E-state index >= 15 is 0 Å². The lowest BCUT2D eigenvalue weighted by atomic mass is 10.1. The van der Waals surface area contributed by atoms with Crippen LogP contribution in [0.25, 0.3) is 6.08 Å². The lowest BCUT2D eigenvalue weighted by molar-refractivity contribution is -0.142. The summed E-state index contributed by atoms with van der Waals surface area (Å²) in [5, 5.41) is 0. The number of carbonyl (C=O) groups excluding carboxylic acids is 2. The minimum Gasteiger partial charge on any atom is -0.482 e. The molecule has 0 aliphatic rings. The highest BCUT2D eigenvalue weighted by atomic mass is 79.9. The fourth-order valence-corrected chi connectivity index (χ4v) is 2.21. The van der Waals surface area contributed by atoms with Gasteiger partial charge in [0, 0.05) is 10.0 Å². The monoisotopic (exact) mass is 374 g/mol. The Morgan fingerprint density at radius 3 is 2.43 bits per heavy atom. The van der Waals surface area contributed by atoms with Crippen LogP contribution in [0.15, 0.2) is 59.1 Å². The summed E-state index contributed by atoms with van der Waals surface area (Å²) in [5.41, 5.74) is 1.47. The molecule has 0 atom stereocenters. The molecule has 0 heterocycles. The van der Waals surface area contributed by atoms with Crippen LogP contribution in [0.5, 0.6) is 5.75 Å². The Morgan fingerprint density at radius 2 is 1.78 bits per heavy atom. The number of carbonyl (C=O) groups is 2. The van der Waals surface area contributed by atoms with Crippen molar-refractivity contribution in [3.05, 3.63) is 70.2 Å². The van der Waals surface area contributed by atoms with Gasteiger partial charge in [-0.1, -0.05) is 34.1 Å². The molecule has 4 nitrogen and oxygen atoms in total. The van der Waals surface area contributed by atoms with Crippen molar-refractivity contribution >= 4 is 33.8 Å². The summed E-state index contributed by atoms with van der Waals surface area (Å²) in [5.74, 6) is -0.0662. The average molecular weight is 375 g/mol. The van der Waals surface area contributed by atoms with Crippen molar-refractivity contribution in [2.45, 2.75) is 0 Å². The normalized spacial score (nSPS) is 10.5. The smallest absolute Gasteiger partial charge is 0.343 e. The van der Waals surface area contributed by atoms with Gasteiger partial charge in [0.1, 0.15) is 5.75 Å². The van der Waals surface area contributed by atoms with Crippen molar-refractivity contribution in [1.82, 2.24) is 0 Å². The number of allylic oxidation sites excluding steroid dienone is 1. The highest BCUT2D eigenvalue weighted by Crippen LogP contribution is 2.18. The summed E-state index contributed by atoms with van der Waals surface area (Å²) in [4.78, 5) is 23.1. The molecule has 0 bridgehead atoms. The lowest BCUT2D eigenvalue weighted by Crippen LogP contribution is -2.12. The molecule has 2 aromatic carbocycles. The molecule has 118 valence electrons. The van der Waals surface area contributed by atoms with Crippen LogP contribution < -0.4 is 4.74 Å². The van der Waals surface area contributed by atoms with E-state index in [-0.39, 0.29) is 12.4 Å². The number of ketones is 1. The van der Waals surface area contributed by atoms with Gasteiger partial charge in [-0.05, 0) is 48.0 Å². The molecule has 0 saturated heterocycles. The molecule has 0 radical (unpaired) electrons. The molecule has 2 rings (SSSR count). The Kier molecular flexibility index (Phi) is 6.11. The molecular formula is C18H15BrO4. The van der Waals surface area contributed by atoms with Crippen molar-refractivity contribution in [3.8, 4) is 5.75 Å². The Morgan fingerprint density at radius 1 is 1.09 bits per heavy atom. The van der Waals surface area contributed by atoms with Crippen molar-refractivity contribution in [3.63, 3.8) is 0 Å². The summed E-state index contributed by atoms with van der Waals surface area (Å²) in [6, 6.07) is 14.2. The molecule has 0 N–H and O–H groups in total. The van der Waals surface area contributed by atoms with Gasteiger partial charge in [-0.2, -0.15) is 0 Å². The number of hydrogen-bond donors (Lipinski definition) is 0. The number of benzene rings is 2. The first-order valence-electron chi connectivity index (χ1n) is 6.87. The number of halogens is 1. The van der Waals surface area contributed by atoms with Gasteiger partial charge in [0.2, 0.25) is 0 Å². The highest BCUT2D eigenvalue weighted by Gasteiger charge is 2.05. The zero-order chi connectivity index (χ0) is 16.7. The van der Waals surface area contributed by atoms with Crippen molar-refractivity contribution in [2.75, 3.05) is 13.7 Å². The lowest BCUT2D eigenvalue weighted by Gasteiger charge is -2.05. The number of ether oxygens (including phenoxy) is 2. The first-order valence-corrected chi connectivity index (χ1v) is 7.66. The molecule has 23 heavy (non-hydrogen) atoms. The van der Waals surface area contributed by atoms with Crippen LogP contribution in [0.4, 0.5) is 0 Å². The third kappa shape index (κ3) is 5.07. The number of esters is 1. The maximum Gasteiger partial charge on any atom is 0.343 e. The van der Waals surface area contributed by atoms with Gasteiger partial charge in [0.15, 0.2) is 12.4 Å². The Balaban J connectivity index is 2.00. The molecule has 0 fully saturated rings. The minimum atomic E-state index is -0.457. The summed E-state index contributed by atoms with van der Waals surface area (Å²) in [6.45, 7) is -0.161. The zero-order valence-corrected chi connectivity index (χ0v) is 14.1. The molecule has 0 spiro atoms. The largest absolute Gasteiger partial charge is 0.482 e. The maximum atomic E-state index is 12.1. The van der Waals surface area contributed by atoms with Crippen molar-refractivity contribution in [2.24, 2.45) is 0 Å². The topological polar surface area (TPSA) is 52.6 Å². The molecule has 0 aromatic heterocycles. The highest BCUT2D eigenvalue weighted by molar-refractivity contribution is 9.10. The predicted octanol–water partition coefficient (Wildman–Crippen LogP) is 3.90. The van der Waals surface area contributed by atoms with E-state index in [1.54, 1.807) is 30.3 Å². The standard InChI is InChI=1S/C18H15BrO4/c1-22-18(21)12-23-15-9-6-14(7-10-15)17(20)11-8-13-4-2-3-5-16(13)19/h2-11H,12H2,1H3/b11-8+. The van der Waals surface area contributed by atoms with Gasteiger partial charge < -0.3 is 9.47 Å².